The standard InChI is InChI=1S/C15H19ClO5/c1-4-6-10-7-11(16)15(13(9(3)17)14(10)19)21-8-12(18)20-5-2/h7,19H,4-6,8H2,1-3H3. The summed E-state index contributed by atoms with van der Waals surface area (Å²) >= 11 is 6.11. The molecule has 0 radical (unpaired) electrons. The van der Waals surface area contributed by atoms with Gasteiger partial charge in [0, 0.05) is 0 Å². The molecule has 5 nitrogen and oxygen atoms in total. The fraction of sp³-hybridized carbons (Fsp3) is 0.467. The number of phenolic OH excluding ortho intramolecular Hbond substituents is 1. The predicted molar refractivity (Wildman–Crippen MR) is 79.2 cm³/mol. The number of rotatable bonds is 7. The molecule has 6 heteroatoms. The van der Waals surface area contributed by atoms with E-state index in [2.05, 4.69) is 0 Å². The highest BCUT2D eigenvalue weighted by Gasteiger charge is 2.22. The molecule has 0 aliphatic heterocycles. The molecule has 0 saturated heterocycles. The SMILES string of the molecule is CCCc1cc(Cl)c(OCC(=O)OCC)c(C(C)=O)c1O. The minimum Gasteiger partial charge on any atom is -0.507 e. The first-order valence-corrected chi connectivity index (χ1v) is 7.13. The van der Waals surface area contributed by atoms with Crippen LogP contribution in [0.25, 0.3) is 0 Å². The molecule has 1 rings (SSSR count). The third-order valence-electron chi connectivity index (χ3n) is 2.80. The molecule has 0 atom stereocenters. The van der Waals surface area contributed by atoms with E-state index in [1.54, 1.807) is 13.0 Å². The number of halogens is 1. The summed E-state index contributed by atoms with van der Waals surface area (Å²) in [5.41, 5.74) is 0.575. The Balaban J connectivity index is 3.15. The zero-order valence-corrected chi connectivity index (χ0v) is 13.1. The average Bonchev–Trinajstić information content (AvgIpc) is 2.40. The van der Waals surface area contributed by atoms with E-state index in [0.29, 0.717) is 12.0 Å². The van der Waals surface area contributed by atoms with Crippen molar-refractivity contribution < 1.29 is 24.2 Å². The van der Waals surface area contributed by atoms with Crippen LogP contribution in [0.3, 0.4) is 0 Å². The molecule has 0 saturated carbocycles. The van der Waals surface area contributed by atoms with Crippen molar-refractivity contribution in [3.8, 4) is 11.5 Å². The summed E-state index contributed by atoms with van der Waals surface area (Å²) in [6, 6.07) is 1.55. The van der Waals surface area contributed by atoms with Crippen molar-refractivity contribution in [2.24, 2.45) is 0 Å². The van der Waals surface area contributed by atoms with Gasteiger partial charge < -0.3 is 14.6 Å². The number of hydrogen-bond acceptors (Lipinski definition) is 5. The number of esters is 1. The van der Waals surface area contributed by atoms with Crippen molar-refractivity contribution in [2.75, 3.05) is 13.2 Å². The van der Waals surface area contributed by atoms with E-state index in [9.17, 15) is 14.7 Å². The molecule has 1 N–H and O–H groups in total. The van der Waals surface area contributed by atoms with Crippen molar-refractivity contribution in [3.05, 3.63) is 22.2 Å². The van der Waals surface area contributed by atoms with Crippen LogP contribution in [0.1, 0.15) is 43.1 Å². The molecule has 116 valence electrons. The summed E-state index contributed by atoms with van der Waals surface area (Å²) in [5.74, 6) is -1.09. The summed E-state index contributed by atoms with van der Waals surface area (Å²) in [6.07, 6.45) is 1.38. The van der Waals surface area contributed by atoms with E-state index in [1.807, 2.05) is 6.92 Å². The molecule has 21 heavy (non-hydrogen) atoms. The van der Waals surface area contributed by atoms with Crippen molar-refractivity contribution in [1.82, 2.24) is 0 Å². The lowest BCUT2D eigenvalue weighted by molar-refractivity contribution is -0.145. The van der Waals surface area contributed by atoms with Crippen LogP contribution >= 0.6 is 11.6 Å². The molecule has 0 fully saturated rings. The van der Waals surface area contributed by atoms with Crippen molar-refractivity contribution in [2.45, 2.75) is 33.6 Å². The number of aryl methyl sites for hydroxylation is 1. The van der Waals surface area contributed by atoms with E-state index < -0.39 is 5.97 Å². The third-order valence-corrected chi connectivity index (χ3v) is 3.08. The molecule has 1 aromatic carbocycles. The lowest BCUT2D eigenvalue weighted by Gasteiger charge is -2.15. The summed E-state index contributed by atoms with van der Waals surface area (Å²) < 4.78 is 10.0. The monoisotopic (exact) mass is 314 g/mol. The number of carbonyl (C=O) groups excluding carboxylic acids is 2. The van der Waals surface area contributed by atoms with Gasteiger partial charge in [-0.25, -0.2) is 4.79 Å². The van der Waals surface area contributed by atoms with Gasteiger partial charge in [0.15, 0.2) is 18.1 Å². The van der Waals surface area contributed by atoms with Crippen LogP contribution in [0.4, 0.5) is 0 Å². The number of phenols is 1. The second kappa shape index (κ2) is 7.88. The lowest BCUT2D eigenvalue weighted by atomic mass is 10.0. The Morgan fingerprint density at radius 3 is 2.52 bits per heavy atom. The molecule has 0 aromatic heterocycles. The largest absolute Gasteiger partial charge is 0.507 e. The first-order valence-electron chi connectivity index (χ1n) is 6.76. The molecular formula is C15H19ClO5. The van der Waals surface area contributed by atoms with E-state index >= 15 is 0 Å². The average molecular weight is 315 g/mol. The van der Waals surface area contributed by atoms with E-state index in [-0.39, 0.29) is 41.1 Å². The smallest absolute Gasteiger partial charge is 0.344 e. The molecule has 0 spiro atoms. The maximum atomic E-state index is 11.8. The first kappa shape index (κ1) is 17.3. The Bertz CT molecular complexity index is 539. The van der Waals surface area contributed by atoms with Crippen molar-refractivity contribution in [1.29, 1.82) is 0 Å². The highest BCUT2D eigenvalue weighted by molar-refractivity contribution is 6.33. The Morgan fingerprint density at radius 1 is 1.33 bits per heavy atom. The zero-order chi connectivity index (χ0) is 16.0. The molecule has 0 aliphatic carbocycles. The number of hydrogen-bond donors (Lipinski definition) is 1. The van der Waals surface area contributed by atoms with Gasteiger partial charge in [-0.2, -0.15) is 0 Å². The number of Topliss-reactive ketones (excluding diaryl/α,β-unsaturated/α-hetero) is 1. The molecule has 0 bridgehead atoms. The summed E-state index contributed by atoms with van der Waals surface area (Å²) in [5, 5.41) is 10.4. The number of aromatic hydroxyl groups is 1. The second-order valence-electron chi connectivity index (χ2n) is 4.47. The topological polar surface area (TPSA) is 72.8 Å². The lowest BCUT2D eigenvalue weighted by Crippen LogP contribution is -2.16. The van der Waals surface area contributed by atoms with E-state index in [4.69, 9.17) is 21.1 Å². The Hall–Kier alpha value is -1.75. The minimum atomic E-state index is -0.569. The van der Waals surface area contributed by atoms with Gasteiger partial charge in [-0.15, -0.1) is 0 Å². The van der Waals surface area contributed by atoms with Crippen LogP contribution < -0.4 is 4.74 Å². The fourth-order valence-electron chi connectivity index (χ4n) is 1.94. The van der Waals surface area contributed by atoms with Gasteiger partial charge in [-0.1, -0.05) is 24.9 Å². The van der Waals surface area contributed by atoms with Gasteiger partial charge in [-0.05, 0) is 31.9 Å². The summed E-state index contributed by atoms with van der Waals surface area (Å²) in [4.78, 5) is 23.1. The maximum absolute atomic E-state index is 11.8. The van der Waals surface area contributed by atoms with Crippen molar-refractivity contribution >= 4 is 23.4 Å². The fourth-order valence-corrected chi connectivity index (χ4v) is 2.22. The van der Waals surface area contributed by atoms with Crippen LogP contribution in [-0.4, -0.2) is 30.1 Å². The van der Waals surface area contributed by atoms with Gasteiger partial charge >= 0.3 is 5.97 Å². The third kappa shape index (κ3) is 4.36. The molecule has 0 amide bonds. The van der Waals surface area contributed by atoms with Gasteiger partial charge in [0.05, 0.1) is 11.6 Å². The molecule has 0 aliphatic rings. The van der Waals surface area contributed by atoms with Crippen LogP contribution in [0.15, 0.2) is 6.07 Å². The molecule has 0 heterocycles. The molecule has 1 aromatic rings. The second-order valence-corrected chi connectivity index (χ2v) is 4.88. The van der Waals surface area contributed by atoms with Crippen LogP contribution in [-0.2, 0) is 16.0 Å². The van der Waals surface area contributed by atoms with Crippen LogP contribution in [0.2, 0.25) is 5.02 Å². The number of benzene rings is 1. The Labute approximate surface area is 128 Å². The highest BCUT2D eigenvalue weighted by atomic mass is 35.5. The van der Waals surface area contributed by atoms with Crippen LogP contribution in [0.5, 0.6) is 11.5 Å². The van der Waals surface area contributed by atoms with Gasteiger partial charge in [0.25, 0.3) is 0 Å². The zero-order valence-electron chi connectivity index (χ0n) is 12.4. The minimum absolute atomic E-state index is 0.00440. The van der Waals surface area contributed by atoms with Gasteiger partial charge in [0.2, 0.25) is 0 Å². The summed E-state index contributed by atoms with van der Waals surface area (Å²) in [6.45, 7) is 4.79. The highest BCUT2D eigenvalue weighted by Crippen LogP contribution is 2.39. The van der Waals surface area contributed by atoms with Gasteiger partial charge in [0.1, 0.15) is 11.3 Å². The summed E-state index contributed by atoms with van der Waals surface area (Å²) in [7, 11) is 0. The van der Waals surface area contributed by atoms with Gasteiger partial charge in [-0.3, -0.25) is 4.79 Å². The first-order chi connectivity index (χ1) is 9.92. The maximum Gasteiger partial charge on any atom is 0.344 e. The van der Waals surface area contributed by atoms with E-state index in [1.165, 1.54) is 6.92 Å². The predicted octanol–water partition coefficient (Wildman–Crippen LogP) is 3.14. The van der Waals surface area contributed by atoms with Crippen molar-refractivity contribution in [3.63, 3.8) is 0 Å². The quantitative estimate of drug-likeness (QED) is 0.618. The Morgan fingerprint density at radius 2 is 2.00 bits per heavy atom. The number of carbonyl (C=O) groups is 2. The normalized spacial score (nSPS) is 10.3. The number of ketones is 1. The van der Waals surface area contributed by atoms with Crippen LogP contribution in [0, 0.1) is 0 Å². The molecular weight excluding hydrogens is 296 g/mol. The Kier molecular flexibility index (Phi) is 6.49. The molecule has 0 unspecified atom stereocenters. The number of ether oxygens (including phenoxy) is 2. The van der Waals surface area contributed by atoms with E-state index in [0.717, 1.165) is 6.42 Å².